The van der Waals surface area contributed by atoms with Crippen molar-refractivity contribution in [2.24, 2.45) is 0 Å². The summed E-state index contributed by atoms with van der Waals surface area (Å²) in [4.78, 5) is 2.87. The van der Waals surface area contributed by atoms with Gasteiger partial charge < -0.3 is 0 Å². The Morgan fingerprint density at radius 1 is 1.24 bits per heavy atom. The van der Waals surface area contributed by atoms with E-state index in [9.17, 15) is 8.42 Å². The molecule has 3 heterocycles. The lowest BCUT2D eigenvalue weighted by Gasteiger charge is -2.38. The van der Waals surface area contributed by atoms with Crippen LogP contribution in [-0.2, 0) is 9.84 Å². The number of fused-ring (bicyclic) bond motifs is 1. The molecule has 3 aliphatic heterocycles. The first-order valence-corrected chi connectivity index (χ1v) is 11.8. The number of hydrogen-bond donors (Lipinski definition) is 3. The molecule has 6 nitrogen and oxygen atoms in total. The fourth-order valence-electron chi connectivity index (χ4n) is 3.92. The van der Waals surface area contributed by atoms with Gasteiger partial charge in [-0.05, 0) is 36.3 Å². The van der Waals surface area contributed by atoms with Crippen molar-refractivity contribution in [2.75, 3.05) is 31.8 Å². The summed E-state index contributed by atoms with van der Waals surface area (Å²) in [7, 11) is -3.14. The zero-order chi connectivity index (χ0) is 17.4. The van der Waals surface area contributed by atoms with E-state index in [0.717, 1.165) is 30.6 Å². The molecule has 3 saturated heterocycles. The molecule has 138 valence electrons. The highest BCUT2D eigenvalue weighted by atomic mass is 32.2. The van der Waals surface area contributed by atoms with Gasteiger partial charge in [0.15, 0.2) is 9.84 Å². The number of nitrogens with zero attached hydrogens (tertiary/aromatic N) is 1. The number of hydrogen-bond acceptors (Lipinski definition) is 7. The summed E-state index contributed by atoms with van der Waals surface area (Å²) in [5, 5.41) is 11.6. The van der Waals surface area contributed by atoms with Crippen LogP contribution < -0.4 is 16.0 Å². The fraction of sp³-hybridized carbons (Fsp3) is 0.647. The fourth-order valence-corrected chi connectivity index (χ4v) is 5.85. The maximum Gasteiger partial charge on any atom is 0.175 e. The van der Waals surface area contributed by atoms with Gasteiger partial charge in [0, 0.05) is 30.6 Å². The highest BCUT2D eigenvalue weighted by Gasteiger charge is 2.39. The van der Waals surface area contributed by atoms with Gasteiger partial charge in [-0.15, -0.1) is 0 Å². The minimum absolute atomic E-state index is 0.188. The molecule has 25 heavy (non-hydrogen) atoms. The van der Waals surface area contributed by atoms with Crippen molar-refractivity contribution in [1.82, 2.24) is 20.9 Å². The van der Waals surface area contributed by atoms with Gasteiger partial charge >= 0.3 is 0 Å². The van der Waals surface area contributed by atoms with Crippen molar-refractivity contribution in [3.8, 4) is 0 Å². The average Bonchev–Trinajstić information content (AvgIpc) is 3.24. The zero-order valence-electron chi connectivity index (χ0n) is 14.4. The largest absolute Gasteiger partial charge is 0.298 e. The molecular formula is C17H26N4O2S2. The van der Waals surface area contributed by atoms with Crippen molar-refractivity contribution in [1.29, 1.82) is 0 Å². The maximum atomic E-state index is 11.6. The average molecular weight is 383 g/mol. The summed E-state index contributed by atoms with van der Waals surface area (Å²) in [6, 6.07) is 7.45. The highest BCUT2D eigenvalue weighted by Crippen LogP contribution is 2.29. The van der Waals surface area contributed by atoms with Crippen LogP contribution in [-0.4, -0.2) is 62.7 Å². The molecule has 0 amide bonds. The van der Waals surface area contributed by atoms with Crippen LogP contribution in [0.1, 0.15) is 24.4 Å². The molecule has 8 heteroatoms. The van der Waals surface area contributed by atoms with Crippen molar-refractivity contribution in [3.63, 3.8) is 0 Å². The number of piperazine rings is 1. The zero-order valence-corrected chi connectivity index (χ0v) is 16.1. The lowest BCUT2D eigenvalue weighted by molar-refractivity contribution is 0.153. The third-order valence-corrected chi connectivity index (χ3v) is 7.82. The summed E-state index contributed by atoms with van der Waals surface area (Å²) in [5.74, 6) is 1.29. The topological polar surface area (TPSA) is 73.5 Å². The number of nitrogens with one attached hydrogen (secondary N) is 3. The van der Waals surface area contributed by atoms with E-state index in [2.05, 4.69) is 32.6 Å². The third-order valence-electron chi connectivity index (χ3n) is 5.31. The van der Waals surface area contributed by atoms with Gasteiger partial charge in [0.2, 0.25) is 0 Å². The molecule has 3 fully saturated rings. The van der Waals surface area contributed by atoms with Crippen molar-refractivity contribution in [3.05, 3.63) is 29.8 Å². The first-order valence-electron chi connectivity index (χ1n) is 8.89. The van der Waals surface area contributed by atoms with E-state index in [4.69, 9.17) is 0 Å². The standard InChI is InChI=1S/C17H26N4O2S2/c1-25(22,23)14-6-4-12(5-7-14)15-9-18-16-17(20-15)21(11-19-16)10-13-3-2-8-24-13/h4-7,13,15-20H,2-3,8-11H2,1H3. The van der Waals surface area contributed by atoms with Crippen LogP contribution in [0.3, 0.4) is 0 Å². The number of thioether (sulfide) groups is 1. The predicted molar refractivity (Wildman–Crippen MR) is 101 cm³/mol. The molecule has 0 aromatic heterocycles. The summed E-state index contributed by atoms with van der Waals surface area (Å²) in [6.07, 6.45) is 4.46. The molecule has 4 unspecified atom stereocenters. The molecule has 0 saturated carbocycles. The highest BCUT2D eigenvalue weighted by molar-refractivity contribution is 8.00. The second-order valence-electron chi connectivity index (χ2n) is 7.16. The van der Waals surface area contributed by atoms with E-state index in [1.807, 2.05) is 12.1 Å². The second kappa shape index (κ2) is 7.17. The van der Waals surface area contributed by atoms with Crippen molar-refractivity contribution >= 4 is 21.6 Å². The van der Waals surface area contributed by atoms with E-state index in [1.54, 1.807) is 12.1 Å². The Kier molecular flexibility index (Phi) is 5.09. The SMILES string of the molecule is CS(=O)(=O)c1ccc(C2CNC3NCN(CC4CCCS4)C3N2)cc1. The van der Waals surface area contributed by atoms with Gasteiger partial charge in [-0.2, -0.15) is 11.8 Å². The van der Waals surface area contributed by atoms with Gasteiger partial charge in [-0.3, -0.25) is 20.9 Å². The third kappa shape index (κ3) is 3.89. The molecule has 4 rings (SSSR count). The van der Waals surface area contributed by atoms with E-state index < -0.39 is 9.84 Å². The molecular weight excluding hydrogens is 356 g/mol. The second-order valence-corrected chi connectivity index (χ2v) is 10.6. The smallest absolute Gasteiger partial charge is 0.175 e. The van der Waals surface area contributed by atoms with Crippen LogP contribution >= 0.6 is 11.8 Å². The Labute approximate surface area is 154 Å². The van der Waals surface area contributed by atoms with Gasteiger partial charge in [-0.25, -0.2) is 8.42 Å². The van der Waals surface area contributed by atoms with Crippen LogP contribution in [0, 0.1) is 0 Å². The molecule has 4 atom stereocenters. The minimum Gasteiger partial charge on any atom is -0.298 e. The maximum absolute atomic E-state index is 11.6. The molecule has 0 radical (unpaired) electrons. The number of rotatable bonds is 4. The lowest BCUT2D eigenvalue weighted by Crippen LogP contribution is -2.61. The first-order chi connectivity index (χ1) is 12.0. The van der Waals surface area contributed by atoms with Crippen LogP contribution in [0.15, 0.2) is 29.2 Å². The summed E-state index contributed by atoms with van der Waals surface area (Å²) in [5.41, 5.74) is 1.13. The van der Waals surface area contributed by atoms with Gasteiger partial charge in [-0.1, -0.05) is 12.1 Å². The molecule has 0 bridgehead atoms. The quantitative estimate of drug-likeness (QED) is 0.709. The van der Waals surface area contributed by atoms with E-state index in [1.165, 1.54) is 24.9 Å². The van der Waals surface area contributed by atoms with Crippen LogP contribution in [0.2, 0.25) is 0 Å². The summed E-state index contributed by atoms with van der Waals surface area (Å²) in [6.45, 7) is 2.86. The molecule has 1 aromatic carbocycles. The normalized spacial score (nSPS) is 33.5. The Balaban J connectivity index is 1.44. The number of sulfone groups is 1. The first kappa shape index (κ1) is 17.8. The predicted octanol–water partition coefficient (Wildman–Crippen LogP) is 0.735. The molecule has 1 aromatic rings. The van der Waals surface area contributed by atoms with Crippen LogP contribution in [0.4, 0.5) is 0 Å². The van der Waals surface area contributed by atoms with E-state index >= 15 is 0 Å². The summed E-state index contributed by atoms with van der Waals surface area (Å²) >= 11 is 2.10. The van der Waals surface area contributed by atoms with E-state index in [0.29, 0.717) is 4.90 Å². The number of benzene rings is 1. The monoisotopic (exact) mass is 382 g/mol. The van der Waals surface area contributed by atoms with Gasteiger partial charge in [0.1, 0.15) is 0 Å². The summed E-state index contributed by atoms with van der Waals surface area (Å²) < 4.78 is 23.3. The van der Waals surface area contributed by atoms with E-state index in [-0.39, 0.29) is 18.4 Å². The Bertz CT molecular complexity index is 704. The minimum atomic E-state index is -3.14. The molecule has 3 N–H and O–H groups in total. The lowest BCUT2D eigenvalue weighted by atomic mass is 10.0. The van der Waals surface area contributed by atoms with Gasteiger partial charge in [0.05, 0.1) is 23.9 Å². The Morgan fingerprint density at radius 2 is 2.04 bits per heavy atom. The van der Waals surface area contributed by atoms with Crippen LogP contribution in [0.5, 0.6) is 0 Å². The van der Waals surface area contributed by atoms with Crippen LogP contribution in [0.25, 0.3) is 0 Å². The van der Waals surface area contributed by atoms with Crippen molar-refractivity contribution in [2.45, 2.75) is 41.4 Å². The molecule has 3 aliphatic rings. The Morgan fingerprint density at radius 3 is 2.72 bits per heavy atom. The molecule has 0 spiro atoms. The van der Waals surface area contributed by atoms with Gasteiger partial charge in [0.25, 0.3) is 0 Å². The molecule has 0 aliphatic carbocycles. The van der Waals surface area contributed by atoms with Crippen molar-refractivity contribution < 1.29 is 8.42 Å². The Hall–Kier alpha value is -0.640.